The highest BCUT2D eigenvalue weighted by atomic mass is 19.1. The van der Waals surface area contributed by atoms with Gasteiger partial charge in [0.05, 0.1) is 6.04 Å². The lowest BCUT2D eigenvalue weighted by atomic mass is 10.1. The highest BCUT2D eigenvalue weighted by Crippen LogP contribution is 2.24. The molecule has 0 aliphatic carbocycles. The number of halogens is 1. The average Bonchev–Trinajstić information content (AvgIpc) is 2.47. The Bertz CT molecular complexity index is 736. The molecule has 0 saturated heterocycles. The number of anilines is 1. The largest absolute Gasteiger partial charge is 0.378 e. The monoisotopic (exact) mass is 265 g/mol. The molecule has 3 aromatic rings. The molecule has 1 nitrogen and oxygen atoms in total. The van der Waals surface area contributed by atoms with Crippen LogP contribution in [0.15, 0.2) is 66.7 Å². The second kappa shape index (κ2) is 5.33. The molecular formula is C18H16FN. The normalized spacial score (nSPS) is 12.3. The molecule has 0 radical (unpaired) electrons. The maximum Gasteiger partial charge on any atom is 0.128 e. The van der Waals surface area contributed by atoms with E-state index in [-0.39, 0.29) is 11.9 Å². The van der Waals surface area contributed by atoms with Crippen LogP contribution in [-0.4, -0.2) is 0 Å². The molecule has 0 amide bonds. The van der Waals surface area contributed by atoms with Crippen LogP contribution in [0.5, 0.6) is 0 Å². The molecule has 0 aliphatic heterocycles. The molecule has 100 valence electrons. The lowest BCUT2D eigenvalue weighted by Gasteiger charge is -2.16. The number of fused-ring (bicyclic) bond motifs is 1. The van der Waals surface area contributed by atoms with Crippen molar-refractivity contribution in [3.63, 3.8) is 0 Å². The molecule has 0 spiro atoms. The molecule has 3 aromatic carbocycles. The Morgan fingerprint density at radius 3 is 2.35 bits per heavy atom. The van der Waals surface area contributed by atoms with Crippen LogP contribution >= 0.6 is 0 Å². The van der Waals surface area contributed by atoms with Gasteiger partial charge in [-0.05, 0) is 35.9 Å². The van der Waals surface area contributed by atoms with Gasteiger partial charge in [0.1, 0.15) is 5.82 Å². The maximum atomic E-state index is 13.8. The van der Waals surface area contributed by atoms with Gasteiger partial charge in [0.25, 0.3) is 0 Å². The van der Waals surface area contributed by atoms with E-state index in [2.05, 4.69) is 29.6 Å². The molecule has 20 heavy (non-hydrogen) atoms. The molecule has 3 rings (SSSR count). The van der Waals surface area contributed by atoms with E-state index in [9.17, 15) is 4.39 Å². The zero-order valence-electron chi connectivity index (χ0n) is 11.3. The fraction of sp³-hybridized carbons (Fsp3) is 0.111. The molecule has 1 unspecified atom stereocenters. The zero-order chi connectivity index (χ0) is 13.9. The van der Waals surface area contributed by atoms with Gasteiger partial charge in [0.2, 0.25) is 0 Å². The van der Waals surface area contributed by atoms with E-state index in [1.165, 1.54) is 16.8 Å². The van der Waals surface area contributed by atoms with Crippen LogP contribution in [0.3, 0.4) is 0 Å². The van der Waals surface area contributed by atoms with Crippen molar-refractivity contribution >= 4 is 16.5 Å². The summed E-state index contributed by atoms with van der Waals surface area (Å²) in [6.45, 7) is 1.97. The summed E-state index contributed by atoms with van der Waals surface area (Å²) in [6, 6.07) is 21.2. The molecule has 1 atom stereocenters. The van der Waals surface area contributed by atoms with Crippen molar-refractivity contribution in [1.82, 2.24) is 0 Å². The SMILES string of the molecule is CC(Nc1ccc2ccccc2c1)c1ccccc1F. The number of benzene rings is 3. The minimum absolute atomic E-state index is 0.0719. The number of rotatable bonds is 3. The second-order valence-electron chi connectivity index (χ2n) is 4.95. The Hall–Kier alpha value is -2.35. The predicted molar refractivity (Wildman–Crippen MR) is 82.4 cm³/mol. The van der Waals surface area contributed by atoms with Crippen molar-refractivity contribution in [1.29, 1.82) is 0 Å². The van der Waals surface area contributed by atoms with E-state index in [1.807, 2.05) is 37.3 Å². The molecule has 2 heteroatoms. The standard InChI is InChI=1S/C18H16FN/c1-13(17-8-4-5-9-18(17)19)20-16-11-10-14-6-2-3-7-15(14)12-16/h2-13,20H,1H3. The third-order valence-electron chi connectivity index (χ3n) is 3.50. The van der Waals surface area contributed by atoms with Crippen LogP contribution in [0.4, 0.5) is 10.1 Å². The van der Waals surface area contributed by atoms with Gasteiger partial charge in [-0.3, -0.25) is 0 Å². The molecule has 0 fully saturated rings. The van der Waals surface area contributed by atoms with Gasteiger partial charge < -0.3 is 5.32 Å². The molecule has 0 heterocycles. The third kappa shape index (κ3) is 2.50. The molecule has 0 aliphatic rings. The van der Waals surface area contributed by atoms with Crippen LogP contribution in [0.1, 0.15) is 18.5 Å². The first-order valence-corrected chi connectivity index (χ1v) is 6.74. The maximum absolute atomic E-state index is 13.8. The topological polar surface area (TPSA) is 12.0 Å². The van der Waals surface area contributed by atoms with E-state index in [0.717, 1.165) is 5.69 Å². The number of nitrogens with one attached hydrogen (secondary N) is 1. The van der Waals surface area contributed by atoms with Crippen LogP contribution < -0.4 is 5.32 Å². The third-order valence-corrected chi connectivity index (χ3v) is 3.50. The lowest BCUT2D eigenvalue weighted by molar-refractivity contribution is 0.600. The second-order valence-corrected chi connectivity index (χ2v) is 4.95. The Morgan fingerprint density at radius 1 is 0.850 bits per heavy atom. The highest BCUT2D eigenvalue weighted by Gasteiger charge is 2.09. The quantitative estimate of drug-likeness (QED) is 0.690. The molecule has 0 bridgehead atoms. The van der Waals surface area contributed by atoms with Crippen molar-refractivity contribution in [2.75, 3.05) is 5.32 Å². The number of hydrogen-bond donors (Lipinski definition) is 1. The van der Waals surface area contributed by atoms with Crippen molar-refractivity contribution in [2.24, 2.45) is 0 Å². The summed E-state index contributed by atoms with van der Waals surface area (Å²) in [5.41, 5.74) is 1.68. The van der Waals surface area contributed by atoms with Gasteiger partial charge in [-0.1, -0.05) is 48.5 Å². The Balaban J connectivity index is 1.87. The fourth-order valence-electron chi connectivity index (χ4n) is 2.43. The Morgan fingerprint density at radius 2 is 1.55 bits per heavy atom. The van der Waals surface area contributed by atoms with Crippen molar-refractivity contribution < 1.29 is 4.39 Å². The van der Waals surface area contributed by atoms with Gasteiger partial charge in [-0.15, -0.1) is 0 Å². The van der Waals surface area contributed by atoms with Crippen LogP contribution in [0, 0.1) is 5.82 Å². The summed E-state index contributed by atoms with van der Waals surface area (Å²) in [4.78, 5) is 0. The van der Waals surface area contributed by atoms with E-state index in [0.29, 0.717) is 5.56 Å². The Labute approximate surface area is 118 Å². The molecule has 0 saturated carbocycles. The van der Waals surface area contributed by atoms with Crippen LogP contribution in [-0.2, 0) is 0 Å². The van der Waals surface area contributed by atoms with Crippen molar-refractivity contribution in [3.8, 4) is 0 Å². The van der Waals surface area contributed by atoms with Crippen molar-refractivity contribution in [3.05, 3.63) is 78.1 Å². The predicted octanol–water partition coefficient (Wildman–Crippen LogP) is 5.15. The number of hydrogen-bond acceptors (Lipinski definition) is 1. The highest BCUT2D eigenvalue weighted by molar-refractivity contribution is 5.85. The van der Waals surface area contributed by atoms with Crippen LogP contribution in [0.2, 0.25) is 0 Å². The summed E-state index contributed by atoms with van der Waals surface area (Å²) in [5, 5.41) is 5.74. The lowest BCUT2D eigenvalue weighted by Crippen LogP contribution is -2.08. The van der Waals surface area contributed by atoms with Crippen molar-refractivity contribution in [2.45, 2.75) is 13.0 Å². The van der Waals surface area contributed by atoms with Gasteiger partial charge >= 0.3 is 0 Å². The minimum Gasteiger partial charge on any atom is -0.378 e. The smallest absolute Gasteiger partial charge is 0.128 e. The summed E-state index contributed by atoms with van der Waals surface area (Å²) in [6.07, 6.45) is 0. The molecular weight excluding hydrogens is 249 g/mol. The summed E-state index contributed by atoms with van der Waals surface area (Å²) >= 11 is 0. The summed E-state index contributed by atoms with van der Waals surface area (Å²) < 4.78 is 13.8. The van der Waals surface area contributed by atoms with Crippen LogP contribution in [0.25, 0.3) is 10.8 Å². The van der Waals surface area contributed by atoms with E-state index < -0.39 is 0 Å². The molecule has 1 N–H and O–H groups in total. The zero-order valence-corrected chi connectivity index (χ0v) is 11.3. The van der Waals surface area contributed by atoms with Gasteiger partial charge in [-0.25, -0.2) is 4.39 Å². The molecule has 0 aromatic heterocycles. The van der Waals surface area contributed by atoms with Gasteiger partial charge in [0.15, 0.2) is 0 Å². The Kier molecular flexibility index (Phi) is 3.38. The van der Waals surface area contributed by atoms with Gasteiger partial charge in [0, 0.05) is 11.3 Å². The summed E-state index contributed by atoms with van der Waals surface area (Å²) in [7, 11) is 0. The minimum atomic E-state index is -0.173. The van der Waals surface area contributed by atoms with E-state index in [1.54, 1.807) is 6.07 Å². The average molecular weight is 265 g/mol. The first kappa shape index (κ1) is 12.7. The summed E-state index contributed by atoms with van der Waals surface area (Å²) in [5.74, 6) is -0.173. The first-order valence-electron chi connectivity index (χ1n) is 6.74. The first-order chi connectivity index (χ1) is 9.74. The van der Waals surface area contributed by atoms with E-state index in [4.69, 9.17) is 0 Å². The van der Waals surface area contributed by atoms with Gasteiger partial charge in [-0.2, -0.15) is 0 Å². The van der Waals surface area contributed by atoms with E-state index >= 15 is 0 Å². The fourth-order valence-corrected chi connectivity index (χ4v) is 2.43.